The molecule has 1 N–H and O–H groups in total. The summed E-state index contributed by atoms with van der Waals surface area (Å²) in [6.45, 7) is 8.39. The Kier molecular flexibility index (Phi) is 18.5. The van der Waals surface area contributed by atoms with Gasteiger partial charge in [-0.25, -0.2) is 0 Å². The second-order valence-corrected chi connectivity index (χ2v) is 5.33. The summed E-state index contributed by atoms with van der Waals surface area (Å²) in [5.74, 6) is 0.971. The number of rotatable bonds is 12. The van der Waals surface area contributed by atoms with E-state index in [4.69, 9.17) is 4.74 Å². The van der Waals surface area contributed by atoms with E-state index in [9.17, 15) is 0 Å². The van der Waals surface area contributed by atoms with Crippen LogP contribution in [0.4, 0.5) is 0 Å². The molecule has 0 saturated heterocycles. The van der Waals surface area contributed by atoms with E-state index in [1.807, 2.05) is 13.1 Å². The van der Waals surface area contributed by atoms with Crippen LogP contribution < -0.4 is 5.32 Å². The highest BCUT2D eigenvalue weighted by Gasteiger charge is 2.05. The molecule has 0 aliphatic rings. The van der Waals surface area contributed by atoms with Crippen molar-refractivity contribution in [3.63, 3.8) is 0 Å². The third-order valence-electron chi connectivity index (χ3n) is 3.43. The molecule has 0 unspecified atom stereocenters. The molecule has 0 aliphatic carbocycles. The van der Waals surface area contributed by atoms with Crippen LogP contribution in [-0.2, 0) is 4.74 Å². The van der Waals surface area contributed by atoms with Crippen molar-refractivity contribution in [3.8, 4) is 0 Å². The average Bonchev–Trinajstić information content (AvgIpc) is 2.49. The first-order valence-electron chi connectivity index (χ1n) is 7.85. The van der Waals surface area contributed by atoms with E-state index in [-0.39, 0.29) is 24.0 Å². The van der Waals surface area contributed by atoms with Crippen LogP contribution in [0, 0.1) is 0 Å². The number of nitrogens with zero attached hydrogens (tertiary/aromatic N) is 3. The predicted molar refractivity (Wildman–Crippen MR) is 107 cm³/mol. The molecule has 0 aromatic heterocycles. The Bertz CT molecular complexity index is 287. The van der Waals surface area contributed by atoms with Crippen molar-refractivity contribution in [1.82, 2.24) is 15.1 Å². The molecule has 0 fully saturated rings. The lowest BCUT2D eigenvalue weighted by Gasteiger charge is -2.23. The minimum atomic E-state index is 0. The molecule has 0 atom stereocenters. The average molecular weight is 426 g/mol. The number of aliphatic imine (C=N–C) groups is 1. The molecular formula is C16H35IN4O. The molecule has 0 aromatic rings. The molecule has 22 heavy (non-hydrogen) atoms. The molecular weight excluding hydrogens is 391 g/mol. The number of unbranched alkanes of at least 4 members (excludes halogenated alkanes) is 3. The SMILES string of the molecule is C=CCCCCCN(C)C(=NC)NCCN(C)CCOC.I. The molecule has 0 bridgehead atoms. The first-order valence-corrected chi connectivity index (χ1v) is 7.85. The highest BCUT2D eigenvalue weighted by atomic mass is 127. The van der Waals surface area contributed by atoms with Gasteiger partial charge >= 0.3 is 0 Å². The monoisotopic (exact) mass is 426 g/mol. The summed E-state index contributed by atoms with van der Waals surface area (Å²) in [4.78, 5) is 8.78. The summed E-state index contributed by atoms with van der Waals surface area (Å²) in [5.41, 5.74) is 0. The van der Waals surface area contributed by atoms with Gasteiger partial charge in [0.15, 0.2) is 5.96 Å². The number of allylic oxidation sites excluding steroid dienone is 1. The van der Waals surface area contributed by atoms with Gasteiger partial charge in [-0.3, -0.25) is 4.99 Å². The number of halogens is 1. The largest absolute Gasteiger partial charge is 0.383 e. The zero-order valence-corrected chi connectivity index (χ0v) is 17.1. The van der Waals surface area contributed by atoms with Crippen LogP contribution in [0.25, 0.3) is 0 Å². The van der Waals surface area contributed by atoms with Gasteiger partial charge < -0.3 is 19.9 Å². The number of likely N-dealkylation sites (N-methyl/N-ethyl adjacent to an activating group) is 1. The summed E-state index contributed by atoms with van der Waals surface area (Å²) in [6.07, 6.45) is 6.77. The van der Waals surface area contributed by atoms with Gasteiger partial charge in [-0.2, -0.15) is 0 Å². The number of methoxy groups -OCH3 is 1. The van der Waals surface area contributed by atoms with Crippen LogP contribution in [-0.4, -0.2) is 76.8 Å². The highest BCUT2D eigenvalue weighted by Crippen LogP contribution is 2.01. The summed E-state index contributed by atoms with van der Waals surface area (Å²) in [6, 6.07) is 0. The van der Waals surface area contributed by atoms with Gasteiger partial charge in [0.05, 0.1) is 6.61 Å². The van der Waals surface area contributed by atoms with Gasteiger partial charge in [-0.1, -0.05) is 12.5 Å². The number of nitrogens with one attached hydrogen (secondary N) is 1. The Morgan fingerprint density at radius 1 is 1.18 bits per heavy atom. The molecule has 0 saturated carbocycles. The van der Waals surface area contributed by atoms with Crippen molar-refractivity contribution in [2.75, 3.05) is 61.0 Å². The number of ether oxygens (including phenoxy) is 1. The lowest BCUT2D eigenvalue weighted by atomic mass is 10.2. The van der Waals surface area contributed by atoms with Gasteiger partial charge in [0.2, 0.25) is 0 Å². The second kappa shape index (κ2) is 17.0. The third-order valence-corrected chi connectivity index (χ3v) is 3.43. The van der Waals surface area contributed by atoms with Crippen LogP contribution in [0.2, 0.25) is 0 Å². The van der Waals surface area contributed by atoms with E-state index in [0.29, 0.717) is 0 Å². The van der Waals surface area contributed by atoms with Crippen LogP contribution in [0.5, 0.6) is 0 Å². The van der Waals surface area contributed by atoms with Gasteiger partial charge in [0.25, 0.3) is 0 Å². The summed E-state index contributed by atoms with van der Waals surface area (Å²) < 4.78 is 5.07. The molecule has 0 heterocycles. The number of hydrogen-bond donors (Lipinski definition) is 1. The van der Waals surface area contributed by atoms with E-state index in [0.717, 1.165) is 45.2 Å². The Morgan fingerprint density at radius 2 is 1.91 bits per heavy atom. The fraction of sp³-hybridized carbons (Fsp3) is 0.812. The molecule has 132 valence electrons. The zero-order chi connectivity index (χ0) is 15.9. The predicted octanol–water partition coefficient (Wildman–Crippen LogP) is 2.44. The smallest absolute Gasteiger partial charge is 0.193 e. The van der Waals surface area contributed by atoms with Gasteiger partial charge in [0.1, 0.15) is 0 Å². The summed E-state index contributed by atoms with van der Waals surface area (Å²) >= 11 is 0. The zero-order valence-electron chi connectivity index (χ0n) is 14.8. The summed E-state index contributed by atoms with van der Waals surface area (Å²) in [5, 5.41) is 3.41. The third kappa shape index (κ3) is 13.3. The topological polar surface area (TPSA) is 40.1 Å². The Hall–Kier alpha value is -0.340. The summed E-state index contributed by atoms with van der Waals surface area (Å²) in [7, 11) is 7.77. The molecule has 6 heteroatoms. The van der Waals surface area contributed by atoms with Crippen molar-refractivity contribution in [3.05, 3.63) is 12.7 Å². The standard InChI is InChI=1S/C16H34N4O.HI/c1-6-7-8-9-10-12-20(4)16(17-2)18-11-13-19(3)14-15-21-5;/h6H,1,7-15H2,2-5H3,(H,17,18);1H. The first kappa shape index (κ1) is 23.9. The van der Waals surface area contributed by atoms with Crippen molar-refractivity contribution in [1.29, 1.82) is 0 Å². The van der Waals surface area contributed by atoms with Gasteiger partial charge in [-0.05, 0) is 26.3 Å². The fourth-order valence-corrected chi connectivity index (χ4v) is 2.02. The van der Waals surface area contributed by atoms with Crippen LogP contribution in [0.1, 0.15) is 25.7 Å². The van der Waals surface area contributed by atoms with Gasteiger partial charge in [-0.15, -0.1) is 30.6 Å². The lowest BCUT2D eigenvalue weighted by molar-refractivity contribution is 0.162. The molecule has 0 aliphatic heterocycles. The highest BCUT2D eigenvalue weighted by molar-refractivity contribution is 14.0. The van der Waals surface area contributed by atoms with E-state index in [1.165, 1.54) is 19.3 Å². The number of guanidine groups is 1. The van der Waals surface area contributed by atoms with Crippen LogP contribution in [0.15, 0.2) is 17.6 Å². The van der Waals surface area contributed by atoms with Crippen molar-refractivity contribution < 1.29 is 4.74 Å². The van der Waals surface area contributed by atoms with Gasteiger partial charge in [0, 0.05) is 47.4 Å². The van der Waals surface area contributed by atoms with Crippen molar-refractivity contribution in [2.24, 2.45) is 4.99 Å². The van der Waals surface area contributed by atoms with E-state index in [1.54, 1.807) is 7.11 Å². The normalized spacial score (nSPS) is 11.2. The fourth-order valence-electron chi connectivity index (χ4n) is 2.02. The molecule has 0 rings (SSSR count). The Labute approximate surface area is 154 Å². The van der Waals surface area contributed by atoms with E-state index in [2.05, 4.69) is 40.8 Å². The maximum absolute atomic E-state index is 5.07. The van der Waals surface area contributed by atoms with Crippen LogP contribution in [0.3, 0.4) is 0 Å². The minimum Gasteiger partial charge on any atom is -0.383 e. The first-order chi connectivity index (χ1) is 10.2. The van der Waals surface area contributed by atoms with Crippen molar-refractivity contribution in [2.45, 2.75) is 25.7 Å². The van der Waals surface area contributed by atoms with Crippen LogP contribution >= 0.6 is 24.0 Å². The molecule has 5 nitrogen and oxygen atoms in total. The van der Waals surface area contributed by atoms with Crippen molar-refractivity contribution >= 4 is 29.9 Å². The molecule has 0 spiro atoms. The van der Waals surface area contributed by atoms with E-state index >= 15 is 0 Å². The lowest BCUT2D eigenvalue weighted by Crippen LogP contribution is -2.42. The maximum Gasteiger partial charge on any atom is 0.193 e. The second-order valence-electron chi connectivity index (χ2n) is 5.33. The number of hydrogen-bond acceptors (Lipinski definition) is 3. The molecule has 0 aromatic carbocycles. The Morgan fingerprint density at radius 3 is 2.50 bits per heavy atom. The molecule has 0 amide bonds. The maximum atomic E-state index is 5.07. The van der Waals surface area contributed by atoms with E-state index < -0.39 is 0 Å². The quantitative estimate of drug-likeness (QED) is 0.171. The minimum absolute atomic E-state index is 0. The Balaban J connectivity index is 0. The molecule has 0 radical (unpaired) electrons.